The van der Waals surface area contributed by atoms with E-state index in [1.54, 1.807) is 18.3 Å². The molecule has 0 bridgehead atoms. The Bertz CT molecular complexity index is 889. The molecule has 0 amide bonds. The smallest absolute Gasteiger partial charge is 0.281 e. The molecule has 0 fully saturated rings. The van der Waals surface area contributed by atoms with Gasteiger partial charge in [0.15, 0.2) is 0 Å². The van der Waals surface area contributed by atoms with Gasteiger partial charge in [0.1, 0.15) is 5.82 Å². The van der Waals surface area contributed by atoms with Crippen molar-refractivity contribution in [3.63, 3.8) is 0 Å². The normalized spacial score (nSPS) is 17.9. The number of likely N-dealkylation sites (N-methyl/N-ethyl adjacent to an activating group) is 1. The van der Waals surface area contributed by atoms with Crippen LogP contribution in [-0.2, 0) is 12.6 Å². The lowest BCUT2D eigenvalue weighted by Crippen LogP contribution is -2.36. The fourth-order valence-electron chi connectivity index (χ4n) is 3.05. The van der Waals surface area contributed by atoms with E-state index in [9.17, 15) is 17.6 Å². The highest BCUT2D eigenvalue weighted by atomic mass is 19.4. The van der Waals surface area contributed by atoms with Gasteiger partial charge in [-0.25, -0.2) is 9.40 Å². The van der Waals surface area contributed by atoms with Crippen molar-refractivity contribution in [1.82, 2.24) is 9.99 Å². The van der Waals surface area contributed by atoms with Crippen LogP contribution in [0.15, 0.2) is 61.0 Å². The van der Waals surface area contributed by atoms with E-state index in [0.29, 0.717) is 11.8 Å². The van der Waals surface area contributed by atoms with Crippen molar-refractivity contribution in [3.8, 4) is 0 Å². The van der Waals surface area contributed by atoms with Crippen molar-refractivity contribution in [3.05, 3.63) is 83.6 Å². The Morgan fingerprint density at radius 3 is 2.59 bits per heavy atom. The van der Waals surface area contributed by atoms with Crippen LogP contribution in [0.4, 0.5) is 23.2 Å². The molecule has 3 nitrogen and oxygen atoms in total. The maximum atomic E-state index is 13.6. The molecular weight excluding hydrogens is 358 g/mol. The number of hydrogen-bond donors (Lipinski definition) is 0. The summed E-state index contributed by atoms with van der Waals surface area (Å²) in [5.41, 5.74) is 1.64. The predicted molar refractivity (Wildman–Crippen MR) is 96.4 cm³/mol. The number of pyridine rings is 1. The van der Waals surface area contributed by atoms with Crippen LogP contribution in [0.25, 0.3) is 0 Å². The van der Waals surface area contributed by atoms with Crippen molar-refractivity contribution in [2.45, 2.75) is 25.6 Å². The van der Waals surface area contributed by atoms with Gasteiger partial charge in [-0.2, -0.15) is 13.2 Å². The summed E-state index contributed by atoms with van der Waals surface area (Å²) in [5, 5.41) is 3.94. The van der Waals surface area contributed by atoms with E-state index in [0.717, 1.165) is 23.4 Å². The summed E-state index contributed by atoms with van der Waals surface area (Å²) in [6.45, 7) is 5.85. The van der Waals surface area contributed by atoms with Gasteiger partial charge in [0.05, 0.1) is 17.3 Å². The zero-order chi connectivity index (χ0) is 19.8. The van der Waals surface area contributed by atoms with Crippen LogP contribution in [0.1, 0.15) is 23.7 Å². The Balaban J connectivity index is 1.89. The van der Waals surface area contributed by atoms with E-state index in [-0.39, 0.29) is 18.0 Å². The number of benzene rings is 1. The number of alkyl halides is 3. The van der Waals surface area contributed by atoms with Crippen LogP contribution in [0.2, 0.25) is 0 Å². The molecule has 1 unspecified atom stereocenters. The Labute approximate surface area is 155 Å². The second kappa shape index (κ2) is 7.15. The van der Waals surface area contributed by atoms with Gasteiger partial charge in [-0.05, 0) is 48.4 Å². The zero-order valence-electron chi connectivity index (χ0n) is 15.0. The molecule has 1 aromatic carbocycles. The number of nitrogens with zero attached hydrogens (tertiary/aromatic N) is 3. The maximum absolute atomic E-state index is 13.6. The van der Waals surface area contributed by atoms with Crippen LogP contribution < -0.4 is 5.01 Å². The first-order valence-electron chi connectivity index (χ1n) is 8.37. The third-order valence-corrected chi connectivity index (χ3v) is 4.62. The first-order valence-corrected chi connectivity index (χ1v) is 8.37. The van der Waals surface area contributed by atoms with E-state index in [1.807, 2.05) is 36.3 Å². The summed E-state index contributed by atoms with van der Waals surface area (Å²) in [6.07, 6.45) is 0.828. The summed E-state index contributed by atoms with van der Waals surface area (Å²) in [7, 11) is 1.93. The van der Waals surface area contributed by atoms with Crippen molar-refractivity contribution in [2.24, 2.45) is 0 Å². The van der Waals surface area contributed by atoms with Gasteiger partial charge < -0.3 is 0 Å². The summed E-state index contributed by atoms with van der Waals surface area (Å²) in [6, 6.07) is 6.29. The first kappa shape index (κ1) is 19.1. The standard InChI is InChI=1S/C20H19F4N3/c1-4-15-12-27(26(3)13(15)2)19-5-6-25-18(11-19)9-14-7-16(20(22,23)24)10-17(21)8-14/h4-8,10-13H,1,9H2,2-3H3. The van der Waals surface area contributed by atoms with Crippen LogP contribution in [0.5, 0.6) is 0 Å². The molecule has 2 heterocycles. The van der Waals surface area contributed by atoms with E-state index < -0.39 is 17.6 Å². The highest BCUT2D eigenvalue weighted by Gasteiger charge is 2.31. The lowest BCUT2D eigenvalue weighted by Gasteiger charge is -2.28. The Kier molecular flexibility index (Phi) is 5.06. The van der Waals surface area contributed by atoms with Crippen LogP contribution in [-0.4, -0.2) is 23.1 Å². The van der Waals surface area contributed by atoms with Crippen molar-refractivity contribution in [1.29, 1.82) is 0 Å². The van der Waals surface area contributed by atoms with Gasteiger partial charge in [-0.3, -0.25) is 9.99 Å². The molecule has 1 aromatic heterocycles. The monoisotopic (exact) mass is 377 g/mol. The van der Waals surface area contributed by atoms with Crippen molar-refractivity contribution >= 4 is 5.69 Å². The fraction of sp³-hybridized carbons (Fsp3) is 0.250. The number of hydrogen-bond acceptors (Lipinski definition) is 3. The zero-order valence-corrected chi connectivity index (χ0v) is 15.0. The van der Waals surface area contributed by atoms with E-state index in [1.165, 1.54) is 0 Å². The van der Waals surface area contributed by atoms with Crippen LogP contribution in [0, 0.1) is 5.82 Å². The molecule has 1 atom stereocenters. The minimum Gasteiger partial charge on any atom is -0.281 e. The van der Waals surface area contributed by atoms with Gasteiger partial charge in [-0.1, -0.05) is 12.7 Å². The van der Waals surface area contributed by atoms with Crippen LogP contribution in [0.3, 0.4) is 0 Å². The molecule has 2 aromatic rings. The highest BCUT2D eigenvalue weighted by Crippen LogP contribution is 2.31. The molecule has 0 spiro atoms. The van der Waals surface area contributed by atoms with E-state index in [2.05, 4.69) is 11.6 Å². The van der Waals surface area contributed by atoms with E-state index in [4.69, 9.17) is 0 Å². The minimum atomic E-state index is -4.59. The third-order valence-electron chi connectivity index (χ3n) is 4.62. The second-order valence-corrected chi connectivity index (χ2v) is 6.46. The molecule has 0 N–H and O–H groups in total. The molecule has 0 saturated carbocycles. The lowest BCUT2D eigenvalue weighted by atomic mass is 10.0. The molecule has 142 valence electrons. The fourth-order valence-corrected chi connectivity index (χ4v) is 3.05. The lowest BCUT2D eigenvalue weighted by molar-refractivity contribution is -0.137. The average molecular weight is 377 g/mol. The molecule has 0 saturated heterocycles. The summed E-state index contributed by atoms with van der Waals surface area (Å²) in [4.78, 5) is 4.22. The number of aromatic nitrogens is 1. The molecule has 7 heteroatoms. The second-order valence-electron chi connectivity index (χ2n) is 6.46. The van der Waals surface area contributed by atoms with Gasteiger partial charge in [0.25, 0.3) is 0 Å². The Hall–Kier alpha value is -2.67. The molecular formula is C20H19F4N3. The summed E-state index contributed by atoms with van der Waals surface area (Å²) >= 11 is 0. The Morgan fingerprint density at radius 2 is 1.96 bits per heavy atom. The highest BCUT2D eigenvalue weighted by molar-refractivity contribution is 5.53. The van der Waals surface area contributed by atoms with Gasteiger partial charge >= 0.3 is 6.18 Å². The SMILES string of the molecule is C=CC1=CN(c2ccnc(Cc3cc(F)cc(C(F)(F)F)c3)c2)N(C)C1C. The minimum absolute atomic E-state index is 0.0970. The largest absolute Gasteiger partial charge is 0.416 e. The predicted octanol–water partition coefficient (Wildman–Crippen LogP) is 4.96. The molecule has 3 rings (SSSR count). The average Bonchev–Trinajstić information content (AvgIpc) is 2.89. The third kappa shape index (κ3) is 4.03. The molecule has 0 radical (unpaired) electrons. The van der Waals surface area contributed by atoms with Crippen molar-refractivity contribution < 1.29 is 17.6 Å². The number of rotatable bonds is 4. The van der Waals surface area contributed by atoms with Gasteiger partial charge in [0, 0.05) is 31.6 Å². The topological polar surface area (TPSA) is 19.4 Å². The molecule has 1 aliphatic heterocycles. The Morgan fingerprint density at radius 1 is 1.22 bits per heavy atom. The number of anilines is 1. The molecule has 27 heavy (non-hydrogen) atoms. The summed E-state index contributed by atoms with van der Waals surface area (Å²) in [5.74, 6) is -0.914. The maximum Gasteiger partial charge on any atom is 0.416 e. The van der Waals surface area contributed by atoms with Gasteiger partial charge in [0.2, 0.25) is 0 Å². The van der Waals surface area contributed by atoms with E-state index >= 15 is 0 Å². The van der Waals surface area contributed by atoms with Crippen molar-refractivity contribution in [2.75, 3.05) is 12.1 Å². The van der Waals surface area contributed by atoms with Crippen LogP contribution >= 0.6 is 0 Å². The summed E-state index contributed by atoms with van der Waals surface area (Å²) < 4.78 is 52.3. The number of halogens is 4. The quantitative estimate of drug-likeness (QED) is 0.703. The molecule has 0 aliphatic carbocycles. The first-order chi connectivity index (χ1) is 12.7. The molecule has 1 aliphatic rings. The van der Waals surface area contributed by atoms with Gasteiger partial charge in [-0.15, -0.1) is 0 Å². The number of hydrazine groups is 1.